The van der Waals surface area contributed by atoms with E-state index in [4.69, 9.17) is 9.47 Å². The highest BCUT2D eigenvalue weighted by Crippen LogP contribution is 2.29. The van der Waals surface area contributed by atoms with Crippen LogP contribution in [0, 0.1) is 13.8 Å². The summed E-state index contributed by atoms with van der Waals surface area (Å²) >= 11 is 3.41. The largest absolute Gasteiger partial charge is 0.494 e. The third kappa shape index (κ3) is 6.35. The molecule has 0 spiro atoms. The van der Waals surface area contributed by atoms with Crippen LogP contribution in [0.15, 0.2) is 70.7 Å². The minimum atomic E-state index is -0.838. The fourth-order valence-corrected chi connectivity index (χ4v) is 4.37. The van der Waals surface area contributed by atoms with E-state index in [9.17, 15) is 19.2 Å². The van der Waals surface area contributed by atoms with Gasteiger partial charge < -0.3 is 14.8 Å². The summed E-state index contributed by atoms with van der Waals surface area (Å²) in [7, 11) is 0. The number of urea groups is 1. The summed E-state index contributed by atoms with van der Waals surface area (Å²) in [6.07, 6.45) is 1.38. The Morgan fingerprint density at radius 3 is 2.46 bits per heavy atom. The summed E-state index contributed by atoms with van der Waals surface area (Å²) in [6, 6.07) is 16.1. The van der Waals surface area contributed by atoms with Crippen molar-refractivity contribution in [3.05, 3.63) is 87.4 Å². The Morgan fingerprint density at radius 2 is 1.77 bits per heavy atom. The van der Waals surface area contributed by atoms with Gasteiger partial charge in [-0.3, -0.25) is 19.7 Å². The Balaban J connectivity index is 1.47. The van der Waals surface area contributed by atoms with E-state index in [1.165, 1.54) is 6.08 Å². The second-order valence-electron chi connectivity index (χ2n) is 8.66. The monoisotopic (exact) mass is 591 g/mol. The average Bonchev–Trinajstić information content (AvgIpc) is 2.90. The summed E-state index contributed by atoms with van der Waals surface area (Å²) < 4.78 is 11.6. The highest BCUT2D eigenvalue weighted by Gasteiger charge is 2.36. The minimum Gasteiger partial charge on any atom is -0.494 e. The molecule has 1 saturated heterocycles. The van der Waals surface area contributed by atoms with Gasteiger partial charge in [-0.1, -0.05) is 18.2 Å². The molecule has 4 rings (SSSR count). The number of nitrogens with zero attached hydrogens (tertiary/aromatic N) is 1. The van der Waals surface area contributed by atoms with E-state index in [1.54, 1.807) is 42.5 Å². The number of imide groups is 2. The third-order valence-corrected chi connectivity index (χ3v) is 6.63. The number of aryl methyl sites for hydroxylation is 1. The van der Waals surface area contributed by atoms with Gasteiger partial charge in [0.25, 0.3) is 17.7 Å². The molecular formula is C29H26BrN3O6. The van der Waals surface area contributed by atoms with E-state index in [2.05, 4.69) is 26.6 Å². The van der Waals surface area contributed by atoms with Crippen molar-refractivity contribution in [2.75, 3.05) is 23.4 Å². The van der Waals surface area contributed by atoms with Crippen molar-refractivity contribution in [1.82, 2.24) is 5.32 Å². The van der Waals surface area contributed by atoms with Gasteiger partial charge in [-0.15, -0.1) is 0 Å². The lowest BCUT2D eigenvalue weighted by molar-refractivity contribution is -0.122. The maximum Gasteiger partial charge on any atom is 0.335 e. The Kier molecular flexibility index (Phi) is 8.46. The number of hydrogen-bond donors (Lipinski definition) is 2. The maximum absolute atomic E-state index is 13.1. The lowest BCUT2D eigenvalue weighted by Crippen LogP contribution is -2.54. The molecule has 2 N–H and O–H groups in total. The van der Waals surface area contributed by atoms with Gasteiger partial charge in [0.2, 0.25) is 0 Å². The van der Waals surface area contributed by atoms with Crippen LogP contribution in [0.1, 0.15) is 23.6 Å². The lowest BCUT2D eigenvalue weighted by Gasteiger charge is -2.26. The van der Waals surface area contributed by atoms with Gasteiger partial charge in [-0.2, -0.15) is 0 Å². The molecule has 3 aromatic carbocycles. The first-order valence-corrected chi connectivity index (χ1v) is 12.9. The average molecular weight is 592 g/mol. The number of barbiturate groups is 1. The third-order valence-electron chi connectivity index (χ3n) is 6.01. The van der Waals surface area contributed by atoms with E-state index in [0.717, 1.165) is 21.7 Å². The van der Waals surface area contributed by atoms with Crippen molar-refractivity contribution >= 4 is 57.1 Å². The molecular weight excluding hydrogens is 566 g/mol. The van der Waals surface area contributed by atoms with Crippen molar-refractivity contribution < 1.29 is 28.7 Å². The van der Waals surface area contributed by atoms with Crippen LogP contribution in [-0.4, -0.2) is 37.0 Å². The molecule has 1 aliphatic rings. The predicted octanol–water partition coefficient (Wildman–Crippen LogP) is 5.15. The Bertz CT molecular complexity index is 1480. The van der Waals surface area contributed by atoms with Gasteiger partial charge in [0.1, 0.15) is 17.1 Å². The number of ether oxygens (including phenoxy) is 2. The number of halogens is 1. The Hall–Kier alpha value is -4.44. The fourth-order valence-electron chi connectivity index (χ4n) is 3.86. The van der Waals surface area contributed by atoms with E-state index in [1.807, 2.05) is 39.0 Å². The molecule has 200 valence electrons. The van der Waals surface area contributed by atoms with E-state index in [0.29, 0.717) is 33.8 Å². The first-order valence-electron chi connectivity index (χ1n) is 12.1. The number of carbonyl (C=O) groups excluding carboxylic acids is 4. The van der Waals surface area contributed by atoms with E-state index < -0.39 is 17.8 Å². The van der Waals surface area contributed by atoms with Crippen LogP contribution in [0.4, 0.5) is 16.2 Å². The standard InChI is InChI=1S/C29H26BrN3O6/c1-4-38-21-11-9-20(10-12-21)33-28(36)22(27(35)32-29(33)37)14-19-8-13-25(23(30)15-19)39-16-26(34)31-24-7-5-6-17(2)18(24)3/h5-15H,4,16H2,1-3H3,(H,31,34)(H,32,35,37)/b22-14+. The Labute approximate surface area is 233 Å². The topological polar surface area (TPSA) is 114 Å². The number of rotatable bonds is 8. The molecule has 0 aromatic heterocycles. The Morgan fingerprint density at radius 1 is 1.03 bits per heavy atom. The zero-order chi connectivity index (χ0) is 28.1. The molecule has 0 saturated carbocycles. The van der Waals surface area contributed by atoms with Crippen LogP contribution in [-0.2, 0) is 14.4 Å². The normalized spacial score (nSPS) is 14.3. The van der Waals surface area contributed by atoms with Crippen molar-refractivity contribution in [2.24, 2.45) is 0 Å². The molecule has 1 aliphatic heterocycles. The van der Waals surface area contributed by atoms with Crippen molar-refractivity contribution in [1.29, 1.82) is 0 Å². The SMILES string of the molecule is CCOc1ccc(N2C(=O)NC(=O)/C(=C\c3ccc(OCC(=O)Nc4cccc(C)c4C)c(Br)c3)C2=O)cc1. The van der Waals surface area contributed by atoms with Crippen LogP contribution in [0.25, 0.3) is 6.08 Å². The summed E-state index contributed by atoms with van der Waals surface area (Å²) in [5.41, 5.74) is 3.36. The lowest BCUT2D eigenvalue weighted by atomic mass is 10.1. The summed E-state index contributed by atoms with van der Waals surface area (Å²) in [5.74, 6) is -0.878. The molecule has 1 heterocycles. The smallest absolute Gasteiger partial charge is 0.335 e. The predicted molar refractivity (Wildman–Crippen MR) is 151 cm³/mol. The minimum absolute atomic E-state index is 0.211. The van der Waals surface area contributed by atoms with Gasteiger partial charge in [-0.25, -0.2) is 9.69 Å². The number of hydrogen-bond acceptors (Lipinski definition) is 6. The van der Waals surface area contributed by atoms with Crippen molar-refractivity contribution in [3.8, 4) is 11.5 Å². The summed E-state index contributed by atoms with van der Waals surface area (Å²) in [4.78, 5) is 51.4. The van der Waals surface area contributed by atoms with Crippen LogP contribution in [0.2, 0.25) is 0 Å². The highest BCUT2D eigenvalue weighted by molar-refractivity contribution is 9.10. The zero-order valence-electron chi connectivity index (χ0n) is 21.5. The quantitative estimate of drug-likeness (QED) is 0.277. The van der Waals surface area contributed by atoms with Gasteiger partial charge in [0.05, 0.1) is 16.8 Å². The van der Waals surface area contributed by atoms with Crippen molar-refractivity contribution in [2.45, 2.75) is 20.8 Å². The van der Waals surface area contributed by atoms with Gasteiger partial charge >= 0.3 is 6.03 Å². The molecule has 0 radical (unpaired) electrons. The number of nitrogens with one attached hydrogen (secondary N) is 2. The number of anilines is 2. The molecule has 1 fully saturated rings. The highest BCUT2D eigenvalue weighted by atomic mass is 79.9. The number of benzene rings is 3. The molecule has 0 aliphatic carbocycles. The zero-order valence-corrected chi connectivity index (χ0v) is 23.1. The molecule has 0 atom stereocenters. The maximum atomic E-state index is 13.1. The number of carbonyl (C=O) groups is 4. The van der Waals surface area contributed by atoms with Crippen LogP contribution in [0.5, 0.6) is 11.5 Å². The van der Waals surface area contributed by atoms with Crippen molar-refractivity contribution in [3.63, 3.8) is 0 Å². The molecule has 5 amide bonds. The molecule has 10 heteroatoms. The first-order chi connectivity index (χ1) is 18.7. The summed E-state index contributed by atoms with van der Waals surface area (Å²) in [5, 5.41) is 5.04. The second-order valence-corrected chi connectivity index (χ2v) is 9.51. The molecule has 0 bridgehead atoms. The van der Waals surface area contributed by atoms with Gasteiger partial charge in [0, 0.05) is 5.69 Å². The van der Waals surface area contributed by atoms with Gasteiger partial charge in [0.15, 0.2) is 6.61 Å². The first kappa shape index (κ1) is 27.6. The number of amides is 5. The van der Waals surface area contributed by atoms with E-state index in [-0.39, 0.29) is 18.1 Å². The summed E-state index contributed by atoms with van der Waals surface area (Å²) in [6.45, 7) is 6.01. The van der Waals surface area contributed by atoms with Crippen LogP contribution in [0.3, 0.4) is 0 Å². The molecule has 9 nitrogen and oxygen atoms in total. The molecule has 39 heavy (non-hydrogen) atoms. The molecule has 0 unspecified atom stereocenters. The van der Waals surface area contributed by atoms with Crippen LogP contribution >= 0.6 is 15.9 Å². The molecule has 3 aromatic rings. The van der Waals surface area contributed by atoms with E-state index >= 15 is 0 Å². The fraction of sp³-hybridized carbons (Fsp3) is 0.172. The van der Waals surface area contributed by atoms with Crippen LogP contribution < -0.4 is 25.0 Å². The van der Waals surface area contributed by atoms with Gasteiger partial charge in [-0.05, 0) is 102 Å². The second kappa shape index (κ2) is 12.0.